The number of carbonyl (C=O) groups is 4. The van der Waals surface area contributed by atoms with Crippen molar-refractivity contribution in [3.8, 4) is 11.5 Å². The molecule has 1 heterocycles. The second kappa shape index (κ2) is 13.0. The fourth-order valence-corrected chi connectivity index (χ4v) is 4.71. The Bertz CT molecular complexity index is 1470. The van der Waals surface area contributed by atoms with Crippen LogP contribution < -0.4 is 20.1 Å². The molecule has 1 fully saturated rings. The summed E-state index contributed by atoms with van der Waals surface area (Å²) < 4.78 is 11.4. The van der Waals surface area contributed by atoms with Gasteiger partial charge in [0.05, 0.1) is 11.5 Å². The number of rotatable bonds is 10. The summed E-state index contributed by atoms with van der Waals surface area (Å²) in [6.45, 7) is 5.46. The third-order valence-corrected chi connectivity index (χ3v) is 6.94. The molecule has 0 saturated carbocycles. The van der Waals surface area contributed by atoms with Gasteiger partial charge in [0.2, 0.25) is 5.91 Å². The molecule has 1 aliphatic rings. The van der Waals surface area contributed by atoms with Gasteiger partial charge in [-0.25, -0.2) is 0 Å². The number of hydrogen-bond donors (Lipinski definition) is 2. The quantitative estimate of drug-likeness (QED) is 0.320. The molecule has 0 atom stereocenters. The molecular formula is C30H29N3O6S. The van der Waals surface area contributed by atoms with Gasteiger partial charge in [-0.05, 0) is 85.6 Å². The van der Waals surface area contributed by atoms with Crippen molar-refractivity contribution in [3.63, 3.8) is 0 Å². The van der Waals surface area contributed by atoms with Crippen molar-refractivity contribution in [3.05, 3.63) is 88.3 Å². The van der Waals surface area contributed by atoms with E-state index in [-0.39, 0.29) is 17.4 Å². The molecule has 4 rings (SSSR count). The zero-order valence-electron chi connectivity index (χ0n) is 22.4. The Morgan fingerprint density at radius 2 is 1.68 bits per heavy atom. The molecule has 1 aliphatic heterocycles. The van der Waals surface area contributed by atoms with Crippen molar-refractivity contribution in [1.82, 2.24) is 4.90 Å². The first-order chi connectivity index (χ1) is 19.2. The van der Waals surface area contributed by atoms with Crippen LogP contribution in [0.5, 0.6) is 11.5 Å². The van der Waals surface area contributed by atoms with E-state index in [2.05, 4.69) is 10.6 Å². The molecule has 9 nitrogen and oxygen atoms in total. The molecule has 0 aromatic heterocycles. The lowest BCUT2D eigenvalue weighted by Crippen LogP contribution is -2.36. The third-order valence-electron chi connectivity index (χ3n) is 6.04. The number of amides is 4. The number of imide groups is 1. The molecule has 0 bridgehead atoms. The minimum atomic E-state index is -0.556. The SMILES string of the molecule is CCOc1cc(/C=C2\SC(=O)N(CC(=O)Nc3ccccc3)C2=O)ccc1OCC(=O)Nc1cccc(C)c1C. The van der Waals surface area contributed by atoms with Gasteiger partial charge in [-0.15, -0.1) is 0 Å². The molecule has 2 N–H and O–H groups in total. The van der Waals surface area contributed by atoms with E-state index in [1.54, 1.807) is 48.5 Å². The number of hydrogen-bond acceptors (Lipinski definition) is 7. The predicted molar refractivity (Wildman–Crippen MR) is 155 cm³/mol. The number of aryl methyl sites for hydroxylation is 1. The lowest BCUT2D eigenvalue weighted by Gasteiger charge is -2.14. The van der Waals surface area contributed by atoms with Crippen LogP contribution in [-0.2, 0) is 14.4 Å². The van der Waals surface area contributed by atoms with Gasteiger partial charge in [0, 0.05) is 11.4 Å². The number of nitrogens with zero attached hydrogens (tertiary/aromatic N) is 1. The van der Waals surface area contributed by atoms with Gasteiger partial charge >= 0.3 is 0 Å². The second-order valence-corrected chi connectivity index (χ2v) is 9.90. The van der Waals surface area contributed by atoms with Crippen LogP contribution in [0.4, 0.5) is 16.2 Å². The monoisotopic (exact) mass is 559 g/mol. The van der Waals surface area contributed by atoms with Crippen molar-refractivity contribution in [2.45, 2.75) is 20.8 Å². The Hall–Kier alpha value is -4.57. The molecule has 3 aromatic rings. The van der Waals surface area contributed by atoms with Gasteiger partial charge in [-0.1, -0.05) is 36.4 Å². The highest BCUT2D eigenvalue weighted by molar-refractivity contribution is 8.18. The van der Waals surface area contributed by atoms with E-state index in [1.165, 1.54) is 0 Å². The van der Waals surface area contributed by atoms with Crippen molar-refractivity contribution < 1.29 is 28.7 Å². The van der Waals surface area contributed by atoms with Crippen LogP contribution >= 0.6 is 11.8 Å². The molecule has 0 unspecified atom stereocenters. The zero-order valence-corrected chi connectivity index (χ0v) is 23.2. The Morgan fingerprint density at radius 1 is 0.900 bits per heavy atom. The van der Waals surface area contributed by atoms with E-state index in [0.717, 1.165) is 33.5 Å². The summed E-state index contributed by atoms with van der Waals surface area (Å²) in [6.07, 6.45) is 1.56. The first kappa shape index (κ1) is 28.4. The average molecular weight is 560 g/mol. The molecule has 3 aromatic carbocycles. The van der Waals surface area contributed by atoms with E-state index in [9.17, 15) is 19.2 Å². The van der Waals surface area contributed by atoms with E-state index < -0.39 is 23.6 Å². The molecule has 0 spiro atoms. The average Bonchev–Trinajstić information content (AvgIpc) is 3.18. The van der Waals surface area contributed by atoms with Crippen LogP contribution in [0.25, 0.3) is 6.08 Å². The van der Waals surface area contributed by atoms with Crippen LogP contribution in [0.15, 0.2) is 71.6 Å². The number of benzene rings is 3. The summed E-state index contributed by atoms with van der Waals surface area (Å²) in [4.78, 5) is 51.3. The molecule has 206 valence electrons. The van der Waals surface area contributed by atoms with Crippen molar-refractivity contribution in [1.29, 1.82) is 0 Å². The van der Waals surface area contributed by atoms with Crippen LogP contribution in [0.2, 0.25) is 0 Å². The maximum atomic E-state index is 12.9. The number of carbonyl (C=O) groups excluding carboxylic acids is 4. The van der Waals surface area contributed by atoms with Crippen molar-refractivity contribution >= 4 is 52.2 Å². The number of ether oxygens (including phenoxy) is 2. The van der Waals surface area contributed by atoms with Crippen molar-refractivity contribution in [2.75, 3.05) is 30.4 Å². The largest absolute Gasteiger partial charge is 0.490 e. The lowest BCUT2D eigenvalue weighted by atomic mass is 10.1. The summed E-state index contributed by atoms with van der Waals surface area (Å²) in [7, 11) is 0. The molecule has 4 amide bonds. The minimum Gasteiger partial charge on any atom is -0.490 e. The normalized spacial score (nSPS) is 13.9. The van der Waals surface area contributed by atoms with Gasteiger partial charge in [0.25, 0.3) is 17.1 Å². The van der Waals surface area contributed by atoms with E-state index in [1.807, 2.05) is 45.0 Å². The molecule has 0 aliphatic carbocycles. The molecule has 40 heavy (non-hydrogen) atoms. The number of anilines is 2. The topological polar surface area (TPSA) is 114 Å². The van der Waals surface area contributed by atoms with Gasteiger partial charge in [-0.3, -0.25) is 24.1 Å². The molecule has 1 saturated heterocycles. The summed E-state index contributed by atoms with van der Waals surface area (Å²) in [6, 6.07) is 19.5. The lowest BCUT2D eigenvalue weighted by molar-refractivity contribution is -0.127. The highest BCUT2D eigenvalue weighted by Crippen LogP contribution is 2.34. The Labute approximate surface area is 236 Å². The number of thioether (sulfide) groups is 1. The van der Waals surface area contributed by atoms with Crippen LogP contribution in [0, 0.1) is 13.8 Å². The maximum Gasteiger partial charge on any atom is 0.294 e. The van der Waals surface area contributed by atoms with Gasteiger partial charge in [-0.2, -0.15) is 0 Å². The number of nitrogens with one attached hydrogen (secondary N) is 2. The van der Waals surface area contributed by atoms with Gasteiger partial charge in [0.15, 0.2) is 18.1 Å². The van der Waals surface area contributed by atoms with E-state index >= 15 is 0 Å². The zero-order chi connectivity index (χ0) is 28.6. The third kappa shape index (κ3) is 7.09. The Kier molecular flexibility index (Phi) is 9.23. The number of para-hydroxylation sites is 1. The Morgan fingerprint density at radius 3 is 2.42 bits per heavy atom. The van der Waals surface area contributed by atoms with Crippen LogP contribution in [0.1, 0.15) is 23.6 Å². The summed E-state index contributed by atoms with van der Waals surface area (Å²) >= 11 is 0.759. The van der Waals surface area contributed by atoms with E-state index in [0.29, 0.717) is 29.4 Å². The molecule has 0 radical (unpaired) electrons. The van der Waals surface area contributed by atoms with E-state index in [4.69, 9.17) is 9.47 Å². The standard InChI is InChI=1S/C30H29N3O6S/c1-4-38-25-15-21(13-14-24(25)39-18-28(35)32-23-12-8-9-19(2)20(23)3)16-26-29(36)33(30(37)40-26)17-27(34)31-22-10-6-5-7-11-22/h5-16H,4,17-18H2,1-3H3,(H,31,34)(H,32,35)/b26-16-. The van der Waals surface area contributed by atoms with Crippen molar-refractivity contribution in [2.24, 2.45) is 0 Å². The first-order valence-electron chi connectivity index (χ1n) is 12.6. The molecular weight excluding hydrogens is 530 g/mol. The second-order valence-electron chi connectivity index (χ2n) is 8.91. The van der Waals surface area contributed by atoms with Gasteiger partial charge < -0.3 is 20.1 Å². The molecule has 10 heteroatoms. The first-order valence-corrected chi connectivity index (χ1v) is 13.4. The highest BCUT2D eigenvalue weighted by Gasteiger charge is 2.36. The van der Waals surface area contributed by atoms with Gasteiger partial charge in [0.1, 0.15) is 6.54 Å². The highest BCUT2D eigenvalue weighted by atomic mass is 32.2. The van der Waals surface area contributed by atoms with Crippen LogP contribution in [-0.4, -0.2) is 47.6 Å². The fourth-order valence-electron chi connectivity index (χ4n) is 3.87. The smallest absolute Gasteiger partial charge is 0.294 e. The summed E-state index contributed by atoms with van der Waals surface area (Å²) in [5.41, 5.74) is 3.94. The summed E-state index contributed by atoms with van der Waals surface area (Å²) in [5, 5.41) is 4.99. The Balaban J connectivity index is 1.41. The maximum absolute atomic E-state index is 12.9. The predicted octanol–water partition coefficient (Wildman–Crippen LogP) is 5.39. The summed E-state index contributed by atoms with van der Waals surface area (Å²) in [5.74, 6) is -0.598. The van der Waals surface area contributed by atoms with Crippen LogP contribution in [0.3, 0.4) is 0 Å². The minimum absolute atomic E-state index is 0.182. The fraction of sp³-hybridized carbons (Fsp3) is 0.200.